The second kappa shape index (κ2) is 6.05. The monoisotopic (exact) mass is 285 g/mol. The number of nitrogens with zero attached hydrogens (tertiary/aromatic N) is 2. The van der Waals surface area contributed by atoms with Crippen molar-refractivity contribution < 1.29 is 4.79 Å². The van der Waals surface area contributed by atoms with Crippen LogP contribution >= 0.6 is 0 Å². The smallest absolute Gasteiger partial charge is 0.291 e. The van der Waals surface area contributed by atoms with Crippen LogP contribution in [0.15, 0.2) is 18.2 Å². The zero-order valence-corrected chi connectivity index (χ0v) is 12.1. The Bertz CT molecular complexity index is 649. The summed E-state index contributed by atoms with van der Waals surface area (Å²) in [6.07, 6.45) is 1.78. The van der Waals surface area contributed by atoms with Gasteiger partial charge in [-0.2, -0.15) is 0 Å². The van der Waals surface area contributed by atoms with Crippen LogP contribution in [-0.2, 0) is 26.1 Å². The third-order valence-corrected chi connectivity index (χ3v) is 3.58. The summed E-state index contributed by atoms with van der Waals surface area (Å²) >= 11 is 0. The van der Waals surface area contributed by atoms with E-state index in [0.29, 0.717) is 6.54 Å². The van der Waals surface area contributed by atoms with Crippen molar-refractivity contribution >= 4 is 5.91 Å². The highest BCUT2D eigenvalue weighted by Gasteiger charge is 2.13. The van der Waals surface area contributed by atoms with Crippen LogP contribution in [0.2, 0.25) is 0 Å². The summed E-state index contributed by atoms with van der Waals surface area (Å²) in [6.45, 7) is 4.38. The number of benzene rings is 1. The lowest BCUT2D eigenvalue weighted by Gasteiger charge is -2.05. The molecule has 2 heterocycles. The van der Waals surface area contributed by atoms with Gasteiger partial charge < -0.3 is 10.6 Å². The Morgan fingerprint density at radius 1 is 1.33 bits per heavy atom. The third-order valence-electron chi connectivity index (χ3n) is 3.58. The Morgan fingerprint density at radius 2 is 2.19 bits per heavy atom. The maximum atomic E-state index is 12.0. The predicted octanol–water partition coefficient (Wildman–Crippen LogP) is 1.29. The first-order valence-electron chi connectivity index (χ1n) is 7.27. The Morgan fingerprint density at radius 3 is 3.05 bits per heavy atom. The van der Waals surface area contributed by atoms with Crippen molar-refractivity contribution in [2.24, 2.45) is 0 Å². The average molecular weight is 285 g/mol. The summed E-state index contributed by atoms with van der Waals surface area (Å²) < 4.78 is 0. The second-order valence-corrected chi connectivity index (χ2v) is 5.25. The van der Waals surface area contributed by atoms with Gasteiger partial charge in [-0.3, -0.25) is 9.89 Å². The number of aromatic nitrogens is 3. The topological polar surface area (TPSA) is 82.7 Å². The minimum Gasteiger partial charge on any atom is -0.345 e. The molecule has 1 aromatic carbocycles. The first kappa shape index (κ1) is 13.8. The van der Waals surface area contributed by atoms with Crippen LogP contribution in [0.1, 0.15) is 46.5 Å². The largest absolute Gasteiger partial charge is 0.345 e. The lowest BCUT2D eigenvalue weighted by molar-refractivity contribution is 0.0941. The molecular weight excluding hydrogens is 266 g/mol. The number of carbonyl (C=O) groups excluding carboxylic acids is 1. The number of hydrogen-bond acceptors (Lipinski definition) is 4. The molecule has 1 amide bonds. The number of hydrogen-bond donors (Lipinski definition) is 3. The molecule has 3 rings (SSSR count). The molecule has 0 radical (unpaired) electrons. The maximum absolute atomic E-state index is 12.0. The van der Waals surface area contributed by atoms with E-state index >= 15 is 0 Å². The van der Waals surface area contributed by atoms with Gasteiger partial charge in [0.05, 0.1) is 0 Å². The molecule has 0 unspecified atom stereocenters. The van der Waals surface area contributed by atoms with Crippen molar-refractivity contribution in [3.05, 3.63) is 46.5 Å². The molecule has 1 aromatic heterocycles. The van der Waals surface area contributed by atoms with Gasteiger partial charge in [0, 0.05) is 26.1 Å². The fourth-order valence-electron chi connectivity index (χ4n) is 2.46. The van der Waals surface area contributed by atoms with Gasteiger partial charge in [0.1, 0.15) is 5.82 Å². The van der Waals surface area contributed by atoms with Crippen LogP contribution < -0.4 is 10.6 Å². The van der Waals surface area contributed by atoms with Crippen LogP contribution in [0.4, 0.5) is 0 Å². The highest BCUT2D eigenvalue weighted by Crippen LogP contribution is 2.16. The minimum absolute atomic E-state index is 0.210. The zero-order valence-electron chi connectivity index (χ0n) is 12.1. The normalized spacial score (nSPS) is 13.2. The van der Waals surface area contributed by atoms with E-state index in [-0.39, 0.29) is 11.7 Å². The lowest BCUT2D eigenvalue weighted by Crippen LogP contribution is -2.24. The maximum Gasteiger partial charge on any atom is 0.291 e. The summed E-state index contributed by atoms with van der Waals surface area (Å²) in [4.78, 5) is 16.2. The highest BCUT2D eigenvalue weighted by atomic mass is 16.2. The van der Waals surface area contributed by atoms with E-state index in [1.54, 1.807) is 0 Å². The van der Waals surface area contributed by atoms with E-state index < -0.39 is 0 Å². The van der Waals surface area contributed by atoms with E-state index in [0.717, 1.165) is 37.3 Å². The zero-order chi connectivity index (χ0) is 14.7. The van der Waals surface area contributed by atoms with Crippen LogP contribution in [0.5, 0.6) is 0 Å². The summed E-state index contributed by atoms with van der Waals surface area (Å²) in [5.41, 5.74) is 3.74. The Hall–Kier alpha value is -2.21. The Balaban J connectivity index is 1.60. The lowest BCUT2D eigenvalue weighted by atomic mass is 10.1. The molecule has 0 aliphatic carbocycles. The highest BCUT2D eigenvalue weighted by molar-refractivity contribution is 5.90. The van der Waals surface area contributed by atoms with Gasteiger partial charge in [-0.15, -0.1) is 5.10 Å². The number of aryl methyl sites for hydroxylation is 1. The molecule has 3 N–H and O–H groups in total. The molecule has 6 heteroatoms. The van der Waals surface area contributed by atoms with Crippen molar-refractivity contribution in [2.45, 2.75) is 39.4 Å². The third kappa shape index (κ3) is 3.11. The molecule has 0 saturated heterocycles. The van der Waals surface area contributed by atoms with Crippen LogP contribution in [0.25, 0.3) is 0 Å². The van der Waals surface area contributed by atoms with Gasteiger partial charge >= 0.3 is 0 Å². The van der Waals surface area contributed by atoms with E-state index in [1.165, 1.54) is 11.1 Å². The average Bonchev–Trinajstić information content (AvgIpc) is 3.13. The molecule has 0 bridgehead atoms. The van der Waals surface area contributed by atoms with E-state index in [1.807, 2.05) is 6.07 Å². The van der Waals surface area contributed by atoms with Gasteiger partial charge in [0.25, 0.3) is 5.91 Å². The number of rotatable bonds is 5. The summed E-state index contributed by atoms with van der Waals surface area (Å²) in [6, 6.07) is 6.30. The molecular formula is C15H19N5O. The molecule has 110 valence electrons. The molecule has 0 spiro atoms. The van der Waals surface area contributed by atoms with Crippen LogP contribution in [0.3, 0.4) is 0 Å². The van der Waals surface area contributed by atoms with Crippen molar-refractivity contribution in [1.29, 1.82) is 0 Å². The van der Waals surface area contributed by atoms with Gasteiger partial charge in [-0.05, 0) is 23.1 Å². The van der Waals surface area contributed by atoms with Crippen molar-refractivity contribution in [3.63, 3.8) is 0 Å². The standard InChI is InChI=1S/C15H19N5O/c1-2-3-13-18-14(20-19-13)15(21)17-7-10-4-5-11-8-16-9-12(11)6-10/h4-6,16H,2-3,7-9H2,1H3,(H,17,21)(H,18,19,20). The molecule has 0 atom stereocenters. The fourth-order valence-corrected chi connectivity index (χ4v) is 2.46. The number of aromatic amines is 1. The molecule has 1 aliphatic heterocycles. The van der Waals surface area contributed by atoms with Gasteiger partial charge in [-0.1, -0.05) is 25.1 Å². The number of nitrogens with one attached hydrogen (secondary N) is 3. The number of carbonyl (C=O) groups is 1. The Labute approximate surface area is 123 Å². The molecule has 0 saturated carbocycles. The van der Waals surface area contributed by atoms with Crippen molar-refractivity contribution in [2.75, 3.05) is 0 Å². The number of fused-ring (bicyclic) bond motifs is 1. The Kier molecular flexibility index (Phi) is 3.96. The molecule has 1 aliphatic rings. The first-order chi connectivity index (χ1) is 10.3. The van der Waals surface area contributed by atoms with Crippen molar-refractivity contribution in [3.8, 4) is 0 Å². The van der Waals surface area contributed by atoms with E-state index in [4.69, 9.17) is 0 Å². The molecule has 21 heavy (non-hydrogen) atoms. The van der Waals surface area contributed by atoms with Gasteiger partial charge in [0.15, 0.2) is 0 Å². The van der Waals surface area contributed by atoms with E-state index in [2.05, 4.69) is 44.9 Å². The first-order valence-corrected chi connectivity index (χ1v) is 7.27. The van der Waals surface area contributed by atoms with Crippen molar-refractivity contribution in [1.82, 2.24) is 25.8 Å². The van der Waals surface area contributed by atoms with Crippen LogP contribution in [0, 0.1) is 0 Å². The minimum atomic E-state index is -0.243. The van der Waals surface area contributed by atoms with Gasteiger partial charge in [0.2, 0.25) is 5.82 Å². The quantitative estimate of drug-likeness (QED) is 0.773. The number of H-pyrrole nitrogens is 1. The fraction of sp³-hybridized carbons (Fsp3) is 0.400. The van der Waals surface area contributed by atoms with E-state index in [9.17, 15) is 4.79 Å². The molecule has 0 fully saturated rings. The molecule has 2 aromatic rings. The molecule has 6 nitrogen and oxygen atoms in total. The summed E-state index contributed by atoms with van der Waals surface area (Å²) in [5, 5.41) is 12.9. The predicted molar refractivity (Wildman–Crippen MR) is 78.5 cm³/mol. The SMILES string of the molecule is CCCc1nc(C(=O)NCc2ccc3c(c2)CNC3)n[nH]1. The number of amides is 1. The summed E-state index contributed by atoms with van der Waals surface area (Å²) in [5.74, 6) is 0.722. The summed E-state index contributed by atoms with van der Waals surface area (Å²) in [7, 11) is 0. The van der Waals surface area contributed by atoms with Crippen LogP contribution in [-0.4, -0.2) is 21.1 Å². The van der Waals surface area contributed by atoms with Gasteiger partial charge in [-0.25, -0.2) is 4.98 Å². The second-order valence-electron chi connectivity index (χ2n) is 5.25.